The zero-order valence-corrected chi connectivity index (χ0v) is 15.7. The van der Waals surface area contributed by atoms with E-state index >= 15 is 0 Å². The molecule has 2 rings (SSSR count). The fourth-order valence-electron chi connectivity index (χ4n) is 4.07. The Kier molecular flexibility index (Phi) is 7.27. The number of carbonyl (C=O) groups is 2. The van der Waals surface area contributed by atoms with Crippen molar-refractivity contribution in [1.82, 2.24) is 0 Å². The lowest BCUT2D eigenvalue weighted by molar-refractivity contribution is -0.146. The fraction of sp³-hybridized carbons (Fsp3) is 0.714. The van der Waals surface area contributed by atoms with Crippen molar-refractivity contribution in [3.8, 4) is 0 Å². The lowest BCUT2D eigenvalue weighted by atomic mass is 9.70. The van der Waals surface area contributed by atoms with Gasteiger partial charge in [0.05, 0.1) is 6.61 Å². The number of esters is 2. The van der Waals surface area contributed by atoms with Gasteiger partial charge < -0.3 is 9.47 Å². The lowest BCUT2D eigenvalue weighted by Crippen LogP contribution is -2.30. The third kappa shape index (κ3) is 6.02. The summed E-state index contributed by atoms with van der Waals surface area (Å²) in [5.74, 6) is 1.48. The number of rotatable bonds is 6. The molecule has 0 saturated heterocycles. The molecule has 0 radical (unpaired) electrons. The summed E-state index contributed by atoms with van der Waals surface area (Å²) in [6, 6.07) is 0. The molecule has 0 aromatic carbocycles. The van der Waals surface area contributed by atoms with Crippen molar-refractivity contribution in [2.24, 2.45) is 17.8 Å². The molecule has 0 bridgehead atoms. The highest BCUT2D eigenvalue weighted by molar-refractivity contribution is 5.87. The third-order valence-corrected chi connectivity index (χ3v) is 5.70. The van der Waals surface area contributed by atoms with Gasteiger partial charge in [-0.25, -0.2) is 9.59 Å². The van der Waals surface area contributed by atoms with Gasteiger partial charge in [0.2, 0.25) is 0 Å². The summed E-state index contributed by atoms with van der Waals surface area (Å²) in [6.45, 7) is 11.2. The van der Waals surface area contributed by atoms with E-state index in [0.717, 1.165) is 50.4 Å². The molecule has 4 heteroatoms. The van der Waals surface area contributed by atoms with Crippen LogP contribution in [-0.2, 0) is 19.1 Å². The summed E-state index contributed by atoms with van der Waals surface area (Å²) in [7, 11) is 0. The van der Waals surface area contributed by atoms with E-state index in [4.69, 9.17) is 9.47 Å². The van der Waals surface area contributed by atoms with Crippen LogP contribution in [0.15, 0.2) is 24.3 Å². The van der Waals surface area contributed by atoms with E-state index in [9.17, 15) is 9.59 Å². The predicted molar refractivity (Wildman–Crippen MR) is 97.9 cm³/mol. The summed E-state index contributed by atoms with van der Waals surface area (Å²) in [4.78, 5) is 23.1. The number of hydrogen-bond acceptors (Lipinski definition) is 4. The average Bonchev–Trinajstić information content (AvgIpc) is 2.60. The number of ether oxygens (including phenoxy) is 2. The first kappa shape index (κ1) is 19.7. The van der Waals surface area contributed by atoms with Gasteiger partial charge in [-0.1, -0.05) is 13.2 Å². The zero-order chi connectivity index (χ0) is 18.4. The van der Waals surface area contributed by atoms with Gasteiger partial charge >= 0.3 is 11.9 Å². The van der Waals surface area contributed by atoms with Crippen molar-refractivity contribution in [1.29, 1.82) is 0 Å². The topological polar surface area (TPSA) is 52.6 Å². The van der Waals surface area contributed by atoms with Gasteiger partial charge in [-0.2, -0.15) is 0 Å². The quantitative estimate of drug-likeness (QED) is 0.520. The monoisotopic (exact) mass is 348 g/mol. The van der Waals surface area contributed by atoms with E-state index in [1.54, 1.807) is 13.8 Å². The van der Waals surface area contributed by atoms with Crippen LogP contribution >= 0.6 is 0 Å². The highest BCUT2D eigenvalue weighted by Gasteiger charge is 2.32. The second-order valence-electron chi connectivity index (χ2n) is 7.88. The predicted octanol–water partition coefficient (Wildman–Crippen LogP) is 4.59. The molecule has 2 fully saturated rings. The molecule has 2 saturated carbocycles. The van der Waals surface area contributed by atoms with E-state index in [2.05, 4.69) is 13.2 Å². The molecule has 140 valence electrons. The SMILES string of the molecule is C=C(C)C(=O)OCC1CCC(C2CCC(OC(=O)C(=C)C)CC2)CC1. The van der Waals surface area contributed by atoms with Crippen molar-refractivity contribution in [2.45, 2.75) is 71.3 Å². The Morgan fingerprint density at radius 1 is 0.800 bits per heavy atom. The molecule has 2 aliphatic rings. The minimum absolute atomic E-state index is 0.0679. The number of carbonyl (C=O) groups excluding carboxylic acids is 2. The maximum atomic E-state index is 11.6. The van der Waals surface area contributed by atoms with Crippen LogP contribution < -0.4 is 0 Å². The van der Waals surface area contributed by atoms with E-state index in [1.165, 1.54) is 12.8 Å². The summed E-state index contributed by atoms with van der Waals surface area (Å²) in [5.41, 5.74) is 0.950. The first-order valence-corrected chi connectivity index (χ1v) is 9.56. The summed E-state index contributed by atoms with van der Waals surface area (Å²) >= 11 is 0. The molecule has 2 aliphatic carbocycles. The van der Waals surface area contributed by atoms with Crippen LogP contribution in [-0.4, -0.2) is 24.6 Å². The van der Waals surface area contributed by atoms with E-state index in [1.807, 2.05) is 0 Å². The van der Waals surface area contributed by atoms with E-state index in [0.29, 0.717) is 23.7 Å². The van der Waals surface area contributed by atoms with E-state index in [-0.39, 0.29) is 18.0 Å². The molecule has 0 aromatic heterocycles. The van der Waals surface area contributed by atoms with Crippen LogP contribution in [0, 0.1) is 17.8 Å². The van der Waals surface area contributed by atoms with Crippen molar-refractivity contribution < 1.29 is 19.1 Å². The van der Waals surface area contributed by atoms with Crippen LogP contribution in [0.4, 0.5) is 0 Å². The molecular weight excluding hydrogens is 316 g/mol. The van der Waals surface area contributed by atoms with Gasteiger partial charge in [-0.3, -0.25) is 0 Å². The molecule has 0 N–H and O–H groups in total. The Labute approximate surface area is 151 Å². The summed E-state index contributed by atoms with van der Waals surface area (Å²) in [5, 5.41) is 0. The van der Waals surface area contributed by atoms with Crippen LogP contribution in [0.3, 0.4) is 0 Å². The van der Waals surface area contributed by atoms with Crippen LogP contribution in [0.5, 0.6) is 0 Å². The highest BCUT2D eigenvalue weighted by Crippen LogP contribution is 2.40. The molecule has 0 heterocycles. The Balaban J connectivity index is 1.67. The first-order chi connectivity index (χ1) is 11.9. The van der Waals surface area contributed by atoms with E-state index < -0.39 is 0 Å². The minimum Gasteiger partial charge on any atom is -0.462 e. The highest BCUT2D eigenvalue weighted by atomic mass is 16.5. The Hall–Kier alpha value is -1.58. The molecule has 4 nitrogen and oxygen atoms in total. The van der Waals surface area contributed by atoms with Crippen LogP contribution in [0.25, 0.3) is 0 Å². The van der Waals surface area contributed by atoms with Gasteiger partial charge in [0, 0.05) is 11.1 Å². The fourth-order valence-corrected chi connectivity index (χ4v) is 4.07. The Bertz CT molecular complexity index is 506. The average molecular weight is 348 g/mol. The van der Waals surface area contributed by atoms with Gasteiger partial charge in [0.25, 0.3) is 0 Å². The van der Waals surface area contributed by atoms with Crippen LogP contribution in [0.1, 0.15) is 65.2 Å². The first-order valence-electron chi connectivity index (χ1n) is 9.56. The van der Waals surface area contributed by atoms with Crippen molar-refractivity contribution in [3.63, 3.8) is 0 Å². The molecule has 0 spiro atoms. The molecule has 0 amide bonds. The largest absolute Gasteiger partial charge is 0.462 e. The van der Waals surface area contributed by atoms with Crippen molar-refractivity contribution in [2.75, 3.05) is 6.61 Å². The van der Waals surface area contributed by atoms with Gasteiger partial charge in [-0.05, 0) is 83.0 Å². The summed E-state index contributed by atoms with van der Waals surface area (Å²) in [6.07, 6.45) is 9.02. The normalized spacial score (nSPS) is 29.5. The zero-order valence-electron chi connectivity index (χ0n) is 15.7. The van der Waals surface area contributed by atoms with Gasteiger partial charge in [-0.15, -0.1) is 0 Å². The van der Waals surface area contributed by atoms with Gasteiger partial charge in [0.15, 0.2) is 0 Å². The second-order valence-corrected chi connectivity index (χ2v) is 7.88. The maximum absolute atomic E-state index is 11.6. The standard InChI is InChI=1S/C21H32O4/c1-14(2)20(22)24-13-16-5-7-17(8-6-16)18-9-11-19(12-10-18)25-21(23)15(3)4/h16-19H,1,3,5-13H2,2,4H3. The minimum atomic E-state index is -0.273. The molecule has 0 unspecified atom stereocenters. The molecule has 0 atom stereocenters. The van der Waals surface area contributed by atoms with Gasteiger partial charge in [0.1, 0.15) is 6.10 Å². The number of hydrogen-bond donors (Lipinski definition) is 0. The lowest BCUT2D eigenvalue weighted by Gasteiger charge is -2.37. The van der Waals surface area contributed by atoms with Crippen molar-refractivity contribution in [3.05, 3.63) is 24.3 Å². The molecule has 0 aliphatic heterocycles. The van der Waals surface area contributed by atoms with Crippen molar-refractivity contribution >= 4 is 11.9 Å². The Morgan fingerprint density at radius 2 is 1.28 bits per heavy atom. The smallest absolute Gasteiger partial charge is 0.333 e. The third-order valence-electron chi connectivity index (χ3n) is 5.70. The maximum Gasteiger partial charge on any atom is 0.333 e. The molecule has 0 aromatic rings. The second kappa shape index (κ2) is 9.21. The van der Waals surface area contributed by atoms with Crippen LogP contribution in [0.2, 0.25) is 0 Å². The molecular formula is C21H32O4. The molecule has 25 heavy (non-hydrogen) atoms. The Morgan fingerprint density at radius 3 is 1.76 bits per heavy atom. The summed E-state index contributed by atoms with van der Waals surface area (Å²) < 4.78 is 10.8.